The first-order valence-corrected chi connectivity index (χ1v) is 7.96. The van der Waals surface area contributed by atoms with Crippen LogP contribution in [0.1, 0.15) is 33.6 Å². The lowest BCUT2D eigenvalue weighted by Crippen LogP contribution is -2.55. The van der Waals surface area contributed by atoms with E-state index in [0.29, 0.717) is 45.0 Å². The van der Waals surface area contributed by atoms with E-state index in [1.807, 2.05) is 20.8 Å². The summed E-state index contributed by atoms with van der Waals surface area (Å²) in [5, 5.41) is 0. The number of rotatable bonds is 4. The molecule has 0 aromatic rings. The lowest BCUT2D eigenvalue weighted by atomic mass is 9.96. The maximum atomic E-state index is 12.5. The Labute approximate surface area is 138 Å². The first-order chi connectivity index (χ1) is 10.7. The molecule has 1 atom stereocenters. The second-order valence-corrected chi connectivity index (χ2v) is 6.87. The molecule has 2 heterocycles. The van der Waals surface area contributed by atoms with E-state index < -0.39 is 11.4 Å². The summed E-state index contributed by atoms with van der Waals surface area (Å²) >= 11 is 0. The maximum Gasteiger partial charge on any atom is 0.410 e. The summed E-state index contributed by atoms with van der Waals surface area (Å²) in [7, 11) is 0. The van der Waals surface area contributed by atoms with Gasteiger partial charge in [-0.1, -0.05) is 13.2 Å². The van der Waals surface area contributed by atoms with Crippen molar-refractivity contribution in [1.82, 2.24) is 4.90 Å². The standard InChI is InChI=1S/C17H27NO5/c1-6-13(2)20-12-14-11-17(21-9-10-22-17)7-8-18(14)15(19)23-16(3,4)5/h6,14H,1-2,7-12H2,3-5H3/t14-/m0/s1. The van der Waals surface area contributed by atoms with Crippen molar-refractivity contribution in [3.63, 3.8) is 0 Å². The van der Waals surface area contributed by atoms with Gasteiger partial charge >= 0.3 is 6.09 Å². The number of allylic oxidation sites excluding steroid dienone is 1. The van der Waals surface area contributed by atoms with Gasteiger partial charge in [0.05, 0.1) is 19.3 Å². The molecule has 2 rings (SSSR count). The normalized spacial score (nSPS) is 23.6. The molecule has 1 spiro atoms. The zero-order chi connectivity index (χ0) is 17.1. The third-order valence-corrected chi connectivity index (χ3v) is 3.85. The monoisotopic (exact) mass is 325 g/mol. The Morgan fingerprint density at radius 3 is 2.61 bits per heavy atom. The molecule has 2 aliphatic heterocycles. The highest BCUT2D eigenvalue weighted by Gasteiger charge is 2.46. The van der Waals surface area contributed by atoms with E-state index >= 15 is 0 Å². The first kappa shape index (κ1) is 17.8. The van der Waals surface area contributed by atoms with Crippen molar-refractivity contribution in [2.45, 2.75) is 51.0 Å². The van der Waals surface area contributed by atoms with Crippen LogP contribution in [0.5, 0.6) is 0 Å². The fourth-order valence-corrected chi connectivity index (χ4v) is 2.78. The van der Waals surface area contributed by atoms with Gasteiger partial charge in [0.2, 0.25) is 0 Å². The van der Waals surface area contributed by atoms with Gasteiger partial charge in [-0.25, -0.2) is 4.79 Å². The number of hydrogen-bond acceptors (Lipinski definition) is 5. The van der Waals surface area contributed by atoms with Gasteiger partial charge in [0.15, 0.2) is 5.79 Å². The van der Waals surface area contributed by atoms with Gasteiger partial charge < -0.3 is 23.8 Å². The molecule has 6 heteroatoms. The van der Waals surface area contributed by atoms with Crippen LogP contribution in [0.25, 0.3) is 0 Å². The number of amides is 1. The summed E-state index contributed by atoms with van der Waals surface area (Å²) in [6.45, 7) is 14.9. The number of hydrogen-bond donors (Lipinski definition) is 0. The molecule has 2 fully saturated rings. The molecule has 6 nitrogen and oxygen atoms in total. The van der Waals surface area contributed by atoms with Gasteiger partial charge in [0.1, 0.15) is 18.0 Å². The van der Waals surface area contributed by atoms with Crippen molar-refractivity contribution < 1.29 is 23.7 Å². The van der Waals surface area contributed by atoms with Gasteiger partial charge in [-0.2, -0.15) is 0 Å². The highest BCUT2D eigenvalue weighted by Crippen LogP contribution is 2.35. The third-order valence-electron chi connectivity index (χ3n) is 3.85. The average molecular weight is 325 g/mol. The Morgan fingerprint density at radius 1 is 1.39 bits per heavy atom. The van der Waals surface area contributed by atoms with Crippen LogP contribution in [0.15, 0.2) is 25.0 Å². The number of ether oxygens (including phenoxy) is 4. The molecule has 23 heavy (non-hydrogen) atoms. The molecule has 0 saturated carbocycles. The topological polar surface area (TPSA) is 57.2 Å². The van der Waals surface area contributed by atoms with Crippen LogP contribution in [0.2, 0.25) is 0 Å². The number of carbonyl (C=O) groups excluding carboxylic acids is 1. The molecule has 0 unspecified atom stereocenters. The summed E-state index contributed by atoms with van der Waals surface area (Å²) in [5.74, 6) is -0.135. The Hall–Kier alpha value is -1.53. The molecule has 2 aliphatic rings. The fraction of sp³-hybridized carbons (Fsp3) is 0.706. The van der Waals surface area contributed by atoms with Crippen molar-refractivity contribution in [2.24, 2.45) is 0 Å². The van der Waals surface area contributed by atoms with Crippen molar-refractivity contribution in [3.8, 4) is 0 Å². The molecule has 130 valence electrons. The predicted molar refractivity (Wildman–Crippen MR) is 85.9 cm³/mol. The summed E-state index contributed by atoms with van der Waals surface area (Å²) < 4.78 is 22.6. The minimum absolute atomic E-state index is 0.201. The summed E-state index contributed by atoms with van der Waals surface area (Å²) in [6.07, 6.45) is 2.38. The molecular weight excluding hydrogens is 298 g/mol. The minimum atomic E-state index is -0.609. The second kappa shape index (κ2) is 6.93. The first-order valence-electron chi connectivity index (χ1n) is 7.96. The molecule has 0 bridgehead atoms. The van der Waals surface area contributed by atoms with Gasteiger partial charge in [-0.15, -0.1) is 0 Å². The average Bonchev–Trinajstić information content (AvgIpc) is 2.91. The molecule has 1 amide bonds. The Kier molecular flexibility index (Phi) is 5.37. The summed E-state index contributed by atoms with van der Waals surface area (Å²) in [4.78, 5) is 14.2. The van der Waals surface area contributed by atoms with Crippen LogP contribution in [0.3, 0.4) is 0 Å². The zero-order valence-corrected chi connectivity index (χ0v) is 14.3. The molecule has 0 aromatic heterocycles. The minimum Gasteiger partial charge on any atom is -0.492 e. The van der Waals surface area contributed by atoms with Crippen LogP contribution in [0, 0.1) is 0 Å². The van der Waals surface area contributed by atoms with Gasteiger partial charge in [-0.05, 0) is 26.8 Å². The Bertz CT molecular complexity index is 462. The SMILES string of the molecule is C=CC(=C)OC[C@@H]1CC2(CCN1C(=O)OC(C)(C)C)OCCO2. The van der Waals surface area contributed by atoms with E-state index in [-0.39, 0.29) is 12.1 Å². The Morgan fingerprint density at radius 2 is 2.04 bits per heavy atom. The van der Waals surface area contributed by atoms with E-state index in [9.17, 15) is 4.79 Å². The lowest BCUT2D eigenvalue weighted by molar-refractivity contribution is -0.197. The van der Waals surface area contributed by atoms with E-state index in [2.05, 4.69) is 13.2 Å². The molecule has 0 N–H and O–H groups in total. The summed E-state index contributed by atoms with van der Waals surface area (Å²) in [6, 6.07) is -0.201. The van der Waals surface area contributed by atoms with Crippen LogP contribution >= 0.6 is 0 Å². The van der Waals surface area contributed by atoms with Gasteiger partial charge in [0, 0.05) is 19.4 Å². The van der Waals surface area contributed by atoms with Crippen molar-refractivity contribution in [3.05, 3.63) is 25.0 Å². The number of piperidine rings is 1. The molecule has 0 radical (unpaired) electrons. The third kappa shape index (κ3) is 4.72. The maximum absolute atomic E-state index is 12.5. The van der Waals surface area contributed by atoms with E-state index in [0.717, 1.165) is 0 Å². The van der Waals surface area contributed by atoms with Crippen molar-refractivity contribution in [1.29, 1.82) is 0 Å². The highest BCUT2D eigenvalue weighted by molar-refractivity contribution is 5.68. The quantitative estimate of drug-likeness (QED) is 0.587. The molecule has 2 saturated heterocycles. The van der Waals surface area contributed by atoms with Crippen molar-refractivity contribution in [2.75, 3.05) is 26.4 Å². The van der Waals surface area contributed by atoms with E-state index in [1.165, 1.54) is 0 Å². The smallest absolute Gasteiger partial charge is 0.410 e. The van der Waals surface area contributed by atoms with Crippen molar-refractivity contribution >= 4 is 6.09 Å². The number of likely N-dealkylation sites (tertiary alicyclic amines) is 1. The predicted octanol–water partition coefficient (Wildman–Crippen LogP) is 2.85. The lowest BCUT2D eigenvalue weighted by Gasteiger charge is -2.43. The zero-order valence-electron chi connectivity index (χ0n) is 14.3. The van der Waals surface area contributed by atoms with E-state index in [4.69, 9.17) is 18.9 Å². The molecular formula is C17H27NO5. The fourth-order valence-electron chi connectivity index (χ4n) is 2.78. The highest BCUT2D eigenvalue weighted by atomic mass is 16.7. The van der Waals surface area contributed by atoms with Crippen LogP contribution < -0.4 is 0 Å². The van der Waals surface area contributed by atoms with Crippen LogP contribution in [-0.4, -0.2) is 54.8 Å². The second-order valence-electron chi connectivity index (χ2n) is 6.87. The van der Waals surface area contributed by atoms with Crippen LogP contribution in [-0.2, 0) is 18.9 Å². The number of carbonyl (C=O) groups is 1. The Balaban J connectivity index is 2.07. The van der Waals surface area contributed by atoms with E-state index in [1.54, 1.807) is 11.0 Å². The van der Waals surface area contributed by atoms with Crippen LogP contribution in [0.4, 0.5) is 4.79 Å². The van der Waals surface area contributed by atoms with Gasteiger partial charge in [-0.3, -0.25) is 0 Å². The number of nitrogens with zero attached hydrogens (tertiary/aromatic N) is 1. The largest absolute Gasteiger partial charge is 0.492 e. The molecule has 0 aromatic carbocycles. The summed E-state index contributed by atoms with van der Waals surface area (Å²) in [5.41, 5.74) is -0.539. The molecule has 0 aliphatic carbocycles. The van der Waals surface area contributed by atoms with Gasteiger partial charge in [0.25, 0.3) is 0 Å².